The summed E-state index contributed by atoms with van der Waals surface area (Å²) < 4.78 is 15.1. The Morgan fingerprint density at radius 2 is 2.03 bits per heavy atom. The number of methoxy groups -OCH3 is 1. The number of carbonyl (C=O) groups excluding carboxylic acids is 1. The van der Waals surface area contributed by atoms with Gasteiger partial charge in [-0.25, -0.2) is 4.79 Å². The molecule has 1 saturated heterocycles. The maximum absolute atomic E-state index is 12.5. The van der Waals surface area contributed by atoms with Crippen LogP contribution in [0.5, 0.6) is 0 Å². The van der Waals surface area contributed by atoms with Gasteiger partial charge in [-0.2, -0.15) is 0 Å². The first-order chi connectivity index (χ1) is 15.1. The number of hydrogen-bond donors (Lipinski definition) is 0. The molecule has 1 aliphatic rings. The number of aromatic nitrogens is 2. The van der Waals surface area contributed by atoms with E-state index in [1.54, 1.807) is 0 Å². The molecule has 31 heavy (non-hydrogen) atoms. The van der Waals surface area contributed by atoms with Crippen LogP contribution in [0.1, 0.15) is 39.7 Å². The van der Waals surface area contributed by atoms with Gasteiger partial charge < -0.3 is 14.0 Å². The van der Waals surface area contributed by atoms with Crippen LogP contribution in [0.2, 0.25) is 0 Å². The summed E-state index contributed by atoms with van der Waals surface area (Å²) in [6.07, 6.45) is 3.81. The van der Waals surface area contributed by atoms with E-state index in [4.69, 9.17) is 14.5 Å². The summed E-state index contributed by atoms with van der Waals surface area (Å²) >= 11 is 5.09. The van der Waals surface area contributed by atoms with E-state index in [2.05, 4.69) is 56.9 Å². The van der Waals surface area contributed by atoms with Crippen LogP contribution in [0.4, 0.5) is 0 Å². The SMILES string of the molecule is COC(=O)c1sc2c3ncc(Br)cc3n([C@H](c3ccccc3)C3CCOCC3)c2c1C. The van der Waals surface area contributed by atoms with Gasteiger partial charge in [0.1, 0.15) is 10.4 Å². The van der Waals surface area contributed by atoms with Crippen LogP contribution in [0.15, 0.2) is 47.1 Å². The normalized spacial score (nSPS) is 16.1. The molecule has 7 heteroatoms. The Morgan fingerprint density at radius 1 is 1.29 bits per heavy atom. The van der Waals surface area contributed by atoms with Crippen molar-refractivity contribution in [3.8, 4) is 0 Å². The molecule has 3 aromatic heterocycles. The third-order valence-corrected chi connectivity index (χ3v) is 7.87. The van der Waals surface area contributed by atoms with Crippen molar-refractivity contribution < 1.29 is 14.3 Å². The number of fused-ring (bicyclic) bond motifs is 3. The zero-order chi connectivity index (χ0) is 21.5. The molecule has 1 aliphatic heterocycles. The van der Waals surface area contributed by atoms with E-state index in [0.717, 1.165) is 57.3 Å². The fraction of sp³-hybridized carbons (Fsp3) is 0.333. The number of benzene rings is 1. The third kappa shape index (κ3) is 3.49. The number of nitrogens with zero attached hydrogens (tertiary/aromatic N) is 2. The molecule has 0 spiro atoms. The van der Waals surface area contributed by atoms with Crippen molar-refractivity contribution >= 4 is 54.5 Å². The van der Waals surface area contributed by atoms with Crippen LogP contribution in [0, 0.1) is 12.8 Å². The molecule has 160 valence electrons. The van der Waals surface area contributed by atoms with E-state index in [0.29, 0.717) is 10.8 Å². The number of hydrogen-bond acceptors (Lipinski definition) is 5. The van der Waals surface area contributed by atoms with Crippen LogP contribution in [-0.4, -0.2) is 35.8 Å². The average Bonchev–Trinajstić information content (AvgIpc) is 3.29. The van der Waals surface area contributed by atoms with Crippen molar-refractivity contribution in [2.45, 2.75) is 25.8 Å². The molecule has 0 amide bonds. The first kappa shape index (κ1) is 20.7. The number of carbonyl (C=O) groups is 1. The Morgan fingerprint density at radius 3 is 2.74 bits per heavy atom. The number of esters is 1. The zero-order valence-electron chi connectivity index (χ0n) is 17.4. The van der Waals surface area contributed by atoms with Gasteiger partial charge in [-0.05, 0) is 58.8 Å². The van der Waals surface area contributed by atoms with Crippen LogP contribution < -0.4 is 0 Å². The maximum atomic E-state index is 12.5. The molecule has 1 atom stereocenters. The van der Waals surface area contributed by atoms with Gasteiger partial charge in [-0.1, -0.05) is 30.3 Å². The van der Waals surface area contributed by atoms with Gasteiger partial charge in [-0.3, -0.25) is 4.98 Å². The smallest absolute Gasteiger partial charge is 0.348 e. The quantitative estimate of drug-likeness (QED) is 0.317. The Kier molecular flexibility index (Phi) is 5.58. The topological polar surface area (TPSA) is 53.3 Å². The minimum absolute atomic E-state index is 0.125. The molecule has 0 aliphatic carbocycles. The minimum atomic E-state index is -0.294. The molecule has 0 unspecified atom stereocenters. The van der Waals surface area contributed by atoms with Gasteiger partial charge in [0, 0.05) is 23.9 Å². The summed E-state index contributed by atoms with van der Waals surface area (Å²) in [5, 5.41) is 0. The van der Waals surface area contributed by atoms with Gasteiger partial charge >= 0.3 is 5.97 Å². The zero-order valence-corrected chi connectivity index (χ0v) is 19.8. The lowest BCUT2D eigenvalue weighted by Gasteiger charge is -2.33. The molecule has 5 nitrogen and oxygen atoms in total. The summed E-state index contributed by atoms with van der Waals surface area (Å²) in [6, 6.07) is 12.9. The first-order valence-corrected chi connectivity index (χ1v) is 12.0. The molecular formula is C24H23BrN2O3S. The minimum Gasteiger partial charge on any atom is -0.465 e. The second-order valence-corrected chi connectivity index (χ2v) is 9.86. The summed E-state index contributed by atoms with van der Waals surface area (Å²) in [7, 11) is 1.43. The van der Waals surface area contributed by atoms with Gasteiger partial charge in [0.05, 0.1) is 28.9 Å². The van der Waals surface area contributed by atoms with Crippen molar-refractivity contribution in [2.75, 3.05) is 20.3 Å². The number of thiophene rings is 1. The number of rotatable bonds is 4. The van der Waals surface area contributed by atoms with E-state index < -0.39 is 0 Å². The molecule has 0 bridgehead atoms. The van der Waals surface area contributed by atoms with E-state index >= 15 is 0 Å². The number of ether oxygens (including phenoxy) is 2. The summed E-state index contributed by atoms with van der Waals surface area (Å²) in [4.78, 5) is 17.9. The predicted molar refractivity (Wildman–Crippen MR) is 127 cm³/mol. The van der Waals surface area contributed by atoms with E-state index in [1.807, 2.05) is 13.1 Å². The highest BCUT2D eigenvalue weighted by molar-refractivity contribution is 9.10. The van der Waals surface area contributed by atoms with Gasteiger partial charge in [0.15, 0.2) is 0 Å². The fourth-order valence-corrected chi connectivity index (χ4v) is 6.30. The highest BCUT2D eigenvalue weighted by atomic mass is 79.9. The van der Waals surface area contributed by atoms with Crippen molar-refractivity contribution in [1.82, 2.24) is 9.55 Å². The lowest BCUT2D eigenvalue weighted by Crippen LogP contribution is -2.27. The Balaban J connectivity index is 1.85. The number of halogens is 1. The van der Waals surface area contributed by atoms with Crippen LogP contribution in [-0.2, 0) is 9.47 Å². The van der Waals surface area contributed by atoms with E-state index in [1.165, 1.54) is 24.0 Å². The number of aryl methyl sites for hydroxylation is 1. The van der Waals surface area contributed by atoms with Gasteiger partial charge in [0.2, 0.25) is 0 Å². The van der Waals surface area contributed by atoms with Gasteiger partial charge in [-0.15, -0.1) is 11.3 Å². The lowest BCUT2D eigenvalue weighted by atomic mass is 9.86. The van der Waals surface area contributed by atoms with Crippen molar-refractivity contribution in [3.63, 3.8) is 0 Å². The van der Waals surface area contributed by atoms with E-state index in [-0.39, 0.29) is 12.0 Å². The average molecular weight is 499 g/mol. The molecule has 0 N–H and O–H groups in total. The molecule has 4 aromatic rings. The Labute approximate surface area is 193 Å². The molecule has 4 heterocycles. The van der Waals surface area contributed by atoms with Crippen molar-refractivity contribution in [2.24, 2.45) is 5.92 Å². The Hall–Kier alpha value is -2.22. The second kappa shape index (κ2) is 8.37. The highest BCUT2D eigenvalue weighted by Crippen LogP contribution is 2.45. The predicted octanol–water partition coefficient (Wildman–Crippen LogP) is 6.12. The summed E-state index contributed by atoms with van der Waals surface area (Å²) in [5.74, 6) is 0.132. The van der Waals surface area contributed by atoms with Crippen LogP contribution >= 0.6 is 27.3 Å². The van der Waals surface area contributed by atoms with E-state index in [9.17, 15) is 4.79 Å². The molecule has 0 saturated carbocycles. The largest absolute Gasteiger partial charge is 0.465 e. The van der Waals surface area contributed by atoms with Crippen molar-refractivity contribution in [3.05, 3.63) is 63.1 Å². The maximum Gasteiger partial charge on any atom is 0.348 e. The lowest BCUT2D eigenvalue weighted by molar-refractivity contribution is 0.0552. The monoisotopic (exact) mass is 498 g/mol. The highest BCUT2D eigenvalue weighted by Gasteiger charge is 2.32. The fourth-order valence-electron chi connectivity index (χ4n) is 4.75. The van der Waals surface area contributed by atoms with Crippen LogP contribution in [0.25, 0.3) is 21.3 Å². The molecule has 1 fully saturated rings. The molecule has 1 aromatic carbocycles. The first-order valence-electron chi connectivity index (χ1n) is 10.4. The second-order valence-electron chi connectivity index (χ2n) is 7.92. The van der Waals surface area contributed by atoms with Gasteiger partial charge in [0.25, 0.3) is 0 Å². The Bertz CT molecular complexity index is 1260. The van der Waals surface area contributed by atoms with Crippen LogP contribution in [0.3, 0.4) is 0 Å². The molecule has 5 rings (SSSR count). The third-order valence-electron chi connectivity index (χ3n) is 6.17. The summed E-state index contributed by atoms with van der Waals surface area (Å²) in [5.41, 5.74) is 5.30. The van der Waals surface area contributed by atoms with Crippen molar-refractivity contribution in [1.29, 1.82) is 0 Å². The number of pyridine rings is 1. The molecule has 0 radical (unpaired) electrons. The summed E-state index contributed by atoms with van der Waals surface area (Å²) in [6.45, 7) is 3.56. The molecular weight excluding hydrogens is 476 g/mol. The standard InChI is InChI=1S/C24H23BrN2O3S/c1-14-20-23(31-22(14)24(28)29-2)19-18(12-17(25)13-26-19)27(20)21(15-6-4-3-5-7-15)16-8-10-30-11-9-16/h3-7,12-13,16,21H,8-11H2,1-2H3/t21-/m1/s1.